The lowest BCUT2D eigenvalue weighted by Gasteiger charge is -2.08. The van der Waals surface area contributed by atoms with Crippen LogP contribution in [0.3, 0.4) is 0 Å². The van der Waals surface area contributed by atoms with Gasteiger partial charge in [-0.25, -0.2) is 4.39 Å². The van der Waals surface area contributed by atoms with Crippen LogP contribution in [0.5, 0.6) is 0 Å². The van der Waals surface area contributed by atoms with Gasteiger partial charge in [0.15, 0.2) is 0 Å². The van der Waals surface area contributed by atoms with Crippen LogP contribution >= 0.6 is 0 Å². The molecule has 0 aromatic heterocycles. The van der Waals surface area contributed by atoms with Crippen LogP contribution in [-0.4, -0.2) is 15.8 Å². The molecule has 9 heteroatoms. The molecule has 0 aliphatic rings. The third-order valence-electron chi connectivity index (χ3n) is 3.38. The van der Waals surface area contributed by atoms with Crippen molar-refractivity contribution < 1.29 is 19.0 Å². The maximum Gasteiger partial charge on any atom is 0.279 e. The molecule has 1 N–H and O–H groups in total. The monoisotopic (exact) mass is 333 g/mol. The first-order valence-electron chi connectivity index (χ1n) is 6.71. The number of nitrogens with one attached hydrogen (secondary N) is 1. The number of carbonyl (C=O) groups is 1. The van der Waals surface area contributed by atoms with E-state index in [1.165, 1.54) is 19.1 Å². The SMILES string of the molecule is Cc1ccc(F)c(NC(=O)c2cc([N+](=O)[O-])c(C)c([N+](=O)[O-])c2)c1. The number of rotatable bonds is 4. The van der Waals surface area contributed by atoms with E-state index in [1.807, 2.05) is 0 Å². The van der Waals surface area contributed by atoms with Gasteiger partial charge in [0.2, 0.25) is 0 Å². The van der Waals surface area contributed by atoms with Crippen LogP contribution in [0.25, 0.3) is 0 Å². The van der Waals surface area contributed by atoms with Gasteiger partial charge in [-0.2, -0.15) is 0 Å². The summed E-state index contributed by atoms with van der Waals surface area (Å²) in [6.45, 7) is 2.91. The summed E-state index contributed by atoms with van der Waals surface area (Å²) in [5.41, 5.74) is -1.01. The van der Waals surface area contributed by atoms with E-state index in [1.54, 1.807) is 6.92 Å². The van der Waals surface area contributed by atoms with Crippen LogP contribution in [0.2, 0.25) is 0 Å². The van der Waals surface area contributed by atoms with Crippen molar-refractivity contribution in [2.75, 3.05) is 5.32 Å². The van der Waals surface area contributed by atoms with Crippen molar-refractivity contribution in [2.45, 2.75) is 13.8 Å². The summed E-state index contributed by atoms with van der Waals surface area (Å²) < 4.78 is 13.7. The van der Waals surface area contributed by atoms with Gasteiger partial charge < -0.3 is 5.32 Å². The van der Waals surface area contributed by atoms with Crippen LogP contribution in [0, 0.1) is 39.9 Å². The van der Waals surface area contributed by atoms with Crippen LogP contribution in [-0.2, 0) is 0 Å². The van der Waals surface area contributed by atoms with Crippen molar-refractivity contribution in [3.05, 3.63) is 73.1 Å². The van der Waals surface area contributed by atoms with E-state index in [2.05, 4.69) is 5.32 Å². The molecule has 8 nitrogen and oxygen atoms in total. The van der Waals surface area contributed by atoms with Crippen molar-refractivity contribution in [3.8, 4) is 0 Å². The minimum Gasteiger partial charge on any atom is -0.319 e. The molecule has 0 unspecified atom stereocenters. The molecule has 0 heterocycles. The second kappa shape index (κ2) is 6.41. The maximum atomic E-state index is 13.7. The summed E-state index contributed by atoms with van der Waals surface area (Å²) in [4.78, 5) is 32.6. The summed E-state index contributed by atoms with van der Waals surface area (Å²) in [5, 5.41) is 24.3. The molecule has 0 fully saturated rings. The molecule has 2 rings (SSSR count). The number of nitro groups is 2. The molecular formula is C15H12FN3O5. The zero-order chi connectivity index (χ0) is 18.0. The minimum absolute atomic E-state index is 0.120. The van der Waals surface area contributed by atoms with E-state index < -0.39 is 32.9 Å². The molecule has 0 saturated heterocycles. The van der Waals surface area contributed by atoms with Crippen molar-refractivity contribution in [3.63, 3.8) is 0 Å². The molecule has 2 aromatic carbocycles. The van der Waals surface area contributed by atoms with E-state index in [4.69, 9.17) is 0 Å². The lowest BCUT2D eigenvalue weighted by molar-refractivity contribution is -0.395. The van der Waals surface area contributed by atoms with Crippen LogP contribution in [0.4, 0.5) is 21.5 Å². The topological polar surface area (TPSA) is 115 Å². The molecular weight excluding hydrogens is 321 g/mol. The third-order valence-corrected chi connectivity index (χ3v) is 3.38. The largest absolute Gasteiger partial charge is 0.319 e. The van der Waals surface area contributed by atoms with Gasteiger partial charge in [-0.3, -0.25) is 25.0 Å². The predicted molar refractivity (Wildman–Crippen MR) is 83.6 cm³/mol. The Kier molecular flexibility index (Phi) is 4.54. The molecule has 124 valence electrons. The first-order chi connectivity index (χ1) is 11.2. The quantitative estimate of drug-likeness (QED) is 0.679. The lowest BCUT2D eigenvalue weighted by Crippen LogP contribution is -2.14. The normalized spacial score (nSPS) is 10.3. The smallest absolute Gasteiger partial charge is 0.279 e. The number of amides is 1. The minimum atomic E-state index is -0.884. The number of nitrogens with zero attached hydrogens (tertiary/aromatic N) is 2. The molecule has 0 bridgehead atoms. The molecule has 1 amide bonds. The number of hydrogen-bond donors (Lipinski definition) is 1. The third kappa shape index (κ3) is 3.35. The van der Waals surface area contributed by atoms with Gasteiger partial charge >= 0.3 is 0 Å². The zero-order valence-corrected chi connectivity index (χ0v) is 12.7. The highest BCUT2D eigenvalue weighted by Crippen LogP contribution is 2.30. The molecule has 2 aromatic rings. The Labute approximate surface area is 135 Å². The van der Waals surface area contributed by atoms with Gasteiger partial charge in [-0.15, -0.1) is 0 Å². The number of anilines is 1. The van der Waals surface area contributed by atoms with Gasteiger partial charge in [0.1, 0.15) is 11.4 Å². The molecule has 0 aliphatic heterocycles. The number of aryl methyl sites for hydroxylation is 1. The summed E-state index contributed by atoms with van der Waals surface area (Å²) in [5.74, 6) is -1.57. The Morgan fingerprint density at radius 1 is 1.04 bits per heavy atom. The maximum absolute atomic E-state index is 13.7. The number of nitro benzene ring substituents is 2. The Balaban J connectivity index is 2.47. The fourth-order valence-corrected chi connectivity index (χ4v) is 2.12. The number of hydrogen-bond acceptors (Lipinski definition) is 5. The van der Waals surface area contributed by atoms with Crippen LogP contribution < -0.4 is 5.32 Å². The van der Waals surface area contributed by atoms with Crippen LogP contribution in [0.15, 0.2) is 30.3 Å². The summed E-state index contributed by atoms with van der Waals surface area (Å²) in [6, 6.07) is 5.89. The molecule has 0 saturated carbocycles. The summed E-state index contributed by atoms with van der Waals surface area (Å²) >= 11 is 0. The van der Waals surface area contributed by atoms with Crippen molar-refractivity contribution in [1.29, 1.82) is 0 Å². The van der Waals surface area contributed by atoms with Gasteiger partial charge in [0.25, 0.3) is 17.3 Å². The van der Waals surface area contributed by atoms with Crippen molar-refractivity contribution in [2.24, 2.45) is 0 Å². The summed E-state index contributed by atoms with van der Waals surface area (Å²) in [6.07, 6.45) is 0. The van der Waals surface area contributed by atoms with Gasteiger partial charge in [0.05, 0.1) is 21.1 Å². The Morgan fingerprint density at radius 3 is 2.08 bits per heavy atom. The number of benzene rings is 2. The van der Waals surface area contributed by atoms with Gasteiger partial charge in [-0.1, -0.05) is 6.07 Å². The molecule has 24 heavy (non-hydrogen) atoms. The van der Waals surface area contributed by atoms with Crippen molar-refractivity contribution in [1.82, 2.24) is 0 Å². The second-order valence-corrected chi connectivity index (χ2v) is 5.09. The van der Waals surface area contributed by atoms with E-state index in [-0.39, 0.29) is 16.8 Å². The zero-order valence-electron chi connectivity index (χ0n) is 12.7. The highest BCUT2D eigenvalue weighted by molar-refractivity contribution is 6.05. The first kappa shape index (κ1) is 17.0. The van der Waals surface area contributed by atoms with E-state index in [0.717, 1.165) is 18.2 Å². The average molecular weight is 333 g/mol. The Bertz CT molecular complexity index is 831. The molecule has 0 aliphatic carbocycles. The number of carbonyl (C=O) groups excluding carboxylic acids is 1. The van der Waals surface area contributed by atoms with Gasteiger partial charge in [-0.05, 0) is 31.5 Å². The standard InChI is InChI=1S/C15H12FN3O5/c1-8-3-4-11(16)12(5-8)17-15(20)10-6-13(18(21)22)9(2)14(7-10)19(23)24/h3-7H,1-2H3,(H,17,20). The van der Waals surface area contributed by atoms with Gasteiger partial charge in [0, 0.05) is 12.1 Å². The predicted octanol–water partition coefficient (Wildman–Crippen LogP) is 3.51. The first-order valence-corrected chi connectivity index (χ1v) is 6.71. The second-order valence-electron chi connectivity index (χ2n) is 5.09. The van der Waals surface area contributed by atoms with E-state index in [9.17, 15) is 29.4 Å². The fraction of sp³-hybridized carbons (Fsp3) is 0.133. The molecule has 0 atom stereocenters. The van der Waals surface area contributed by atoms with Crippen LogP contribution in [0.1, 0.15) is 21.5 Å². The lowest BCUT2D eigenvalue weighted by atomic mass is 10.1. The fourth-order valence-electron chi connectivity index (χ4n) is 2.12. The highest BCUT2D eigenvalue weighted by atomic mass is 19.1. The Hall–Kier alpha value is -3.36. The van der Waals surface area contributed by atoms with E-state index >= 15 is 0 Å². The molecule has 0 spiro atoms. The average Bonchev–Trinajstić information content (AvgIpc) is 2.50. The summed E-state index contributed by atoms with van der Waals surface area (Å²) in [7, 11) is 0. The molecule has 0 radical (unpaired) electrons. The highest BCUT2D eigenvalue weighted by Gasteiger charge is 2.25. The van der Waals surface area contributed by atoms with Crippen molar-refractivity contribution >= 4 is 23.0 Å². The Morgan fingerprint density at radius 2 is 1.58 bits per heavy atom. The van der Waals surface area contributed by atoms with E-state index in [0.29, 0.717) is 5.56 Å². The number of halogens is 1.